The first-order valence-electron chi connectivity index (χ1n) is 8.88. The number of carbonyl (C=O) groups is 3. The number of esters is 1. The Labute approximate surface area is 169 Å². The third-order valence-electron chi connectivity index (χ3n) is 4.66. The molecule has 0 bridgehead atoms. The van der Waals surface area contributed by atoms with E-state index in [1.54, 1.807) is 40.9 Å². The van der Waals surface area contributed by atoms with Gasteiger partial charge in [-0.2, -0.15) is 11.8 Å². The molecular formula is C19H25ClN2O4S. The molecule has 0 aliphatic carbocycles. The van der Waals surface area contributed by atoms with E-state index in [4.69, 9.17) is 16.3 Å². The Hall–Kier alpha value is -1.73. The summed E-state index contributed by atoms with van der Waals surface area (Å²) in [7, 11) is 1.32. The number of hydrogen-bond donors (Lipinski definition) is 1. The molecule has 2 rings (SSSR count). The van der Waals surface area contributed by atoms with Crippen molar-refractivity contribution in [1.82, 2.24) is 10.2 Å². The molecule has 2 amide bonds. The highest BCUT2D eigenvalue weighted by Gasteiger charge is 2.30. The molecule has 0 aromatic heterocycles. The van der Waals surface area contributed by atoms with Crippen LogP contribution in [0.4, 0.5) is 0 Å². The fourth-order valence-corrected chi connectivity index (χ4v) is 3.63. The highest BCUT2D eigenvalue weighted by molar-refractivity contribution is 7.98. The van der Waals surface area contributed by atoms with Crippen LogP contribution in [-0.2, 0) is 14.3 Å². The number of likely N-dealkylation sites (tertiary alicyclic amines) is 1. The third-order valence-corrected chi connectivity index (χ3v) is 5.55. The summed E-state index contributed by atoms with van der Waals surface area (Å²) in [6.45, 7) is 1.01. The number of amides is 2. The molecule has 1 aliphatic heterocycles. The summed E-state index contributed by atoms with van der Waals surface area (Å²) >= 11 is 7.47. The normalized spacial score (nSPS) is 15.9. The van der Waals surface area contributed by atoms with Crippen LogP contribution in [0.3, 0.4) is 0 Å². The summed E-state index contributed by atoms with van der Waals surface area (Å²) in [5.41, 5.74) is 0.588. The number of methoxy groups -OCH3 is 1. The number of rotatable bonds is 7. The lowest BCUT2D eigenvalue weighted by atomic mass is 9.95. The van der Waals surface area contributed by atoms with Crippen LogP contribution >= 0.6 is 23.4 Å². The molecule has 1 saturated heterocycles. The van der Waals surface area contributed by atoms with Gasteiger partial charge < -0.3 is 15.0 Å². The minimum absolute atomic E-state index is 0.0575. The second-order valence-corrected chi connectivity index (χ2v) is 7.86. The number of nitrogens with zero attached hydrogens (tertiary/aromatic N) is 1. The molecule has 1 aromatic carbocycles. The molecule has 0 saturated carbocycles. The fraction of sp³-hybridized carbons (Fsp3) is 0.526. The molecule has 1 aromatic rings. The van der Waals surface area contributed by atoms with Gasteiger partial charge in [-0.25, -0.2) is 4.79 Å². The van der Waals surface area contributed by atoms with Gasteiger partial charge in [-0.1, -0.05) is 11.6 Å². The lowest BCUT2D eigenvalue weighted by molar-refractivity contribution is -0.145. The van der Waals surface area contributed by atoms with Crippen molar-refractivity contribution >= 4 is 41.1 Å². The van der Waals surface area contributed by atoms with Gasteiger partial charge in [0.1, 0.15) is 6.04 Å². The number of hydrogen-bond acceptors (Lipinski definition) is 5. The smallest absolute Gasteiger partial charge is 0.328 e. The van der Waals surface area contributed by atoms with Crippen LogP contribution in [-0.4, -0.2) is 60.9 Å². The molecule has 1 fully saturated rings. The van der Waals surface area contributed by atoms with Crippen LogP contribution in [0.5, 0.6) is 0 Å². The lowest BCUT2D eigenvalue weighted by Gasteiger charge is -2.32. The third kappa shape index (κ3) is 6.14. The maximum Gasteiger partial charge on any atom is 0.328 e. The average Bonchev–Trinajstić information content (AvgIpc) is 2.70. The van der Waals surface area contributed by atoms with Crippen LogP contribution in [0.1, 0.15) is 29.6 Å². The zero-order chi connectivity index (χ0) is 19.8. The molecule has 0 unspecified atom stereocenters. The Balaban J connectivity index is 1.88. The number of carbonyl (C=O) groups excluding carboxylic acids is 3. The van der Waals surface area contributed by atoms with Crippen LogP contribution in [0.2, 0.25) is 5.02 Å². The second kappa shape index (κ2) is 10.6. The van der Waals surface area contributed by atoms with Gasteiger partial charge in [-0.15, -0.1) is 0 Å². The van der Waals surface area contributed by atoms with Gasteiger partial charge in [0.25, 0.3) is 5.91 Å². The maximum atomic E-state index is 12.5. The van der Waals surface area contributed by atoms with Gasteiger partial charge in [-0.05, 0) is 55.5 Å². The maximum absolute atomic E-state index is 12.5. The summed E-state index contributed by atoms with van der Waals surface area (Å²) in [4.78, 5) is 38.7. The van der Waals surface area contributed by atoms with E-state index in [1.165, 1.54) is 7.11 Å². The topological polar surface area (TPSA) is 75.7 Å². The Bertz CT molecular complexity index is 660. The summed E-state index contributed by atoms with van der Waals surface area (Å²) < 4.78 is 4.78. The quantitative estimate of drug-likeness (QED) is 0.696. The Kier molecular flexibility index (Phi) is 8.44. The molecular weight excluding hydrogens is 388 g/mol. The zero-order valence-electron chi connectivity index (χ0n) is 15.6. The van der Waals surface area contributed by atoms with Gasteiger partial charge in [-0.3, -0.25) is 9.59 Å². The van der Waals surface area contributed by atoms with Crippen LogP contribution < -0.4 is 5.32 Å². The Morgan fingerprint density at radius 1 is 1.26 bits per heavy atom. The van der Waals surface area contributed by atoms with Crippen molar-refractivity contribution in [2.24, 2.45) is 5.92 Å². The largest absolute Gasteiger partial charge is 0.467 e. The molecule has 27 heavy (non-hydrogen) atoms. The molecule has 0 spiro atoms. The number of halogens is 1. The van der Waals surface area contributed by atoms with E-state index in [1.807, 2.05) is 6.26 Å². The molecule has 0 radical (unpaired) electrons. The minimum Gasteiger partial charge on any atom is -0.467 e. The van der Waals surface area contributed by atoms with E-state index in [0.29, 0.717) is 42.9 Å². The van der Waals surface area contributed by atoms with E-state index in [0.717, 1.165) is 5.75 Å². The number of ether oxygens (including phenoxy) is 1. The fourth-order valence-electron chi connectivity index (χ4n) is 3.04. The van der Waals surface area contributed by atoms with E-state index < -0.39 is 12.0 Å². The number of nitrogens with one attached hydrogen (secondary N) is 1. The van der Waals surface area contributed by atoms with Crippen LogP contribution in [0, 0.1) is 5.92 Å². The predicted molar refractivity (Wildman–Crippen MR) is 107 cm³/mol. The Morgan fingerprint density at radius 3 is 2.44 bits per heavy atom. The van der Waals surface area contributed by atoms with Gasteiger partial charge in [0.15, 0.2) is 0 Å². The first-order valence-corrected chi connectivity index (χ1v) is 10.7. The van der Waals surface area contributed by atoms with Crippen LogP contribution in [0.15, 0.2) is 24.3 Å². The number of benzene rings is 1. The van der Waals surface area contributed by atoms with E-state index in [9.17, 15) is 14.4 Å². The summed E-state index contributed by atoms with van der Waals surface area (Å²) in [5.74, 6) is -0.0786. The number of piperidine rings is 1. The summed E-state index contributed by atoms with van der Waals surface area (Å²) in [6.07, 6.45) is 3.63. The lowest BCUT2D eigenvalue weighted by Crippen LogP contribution is -2.48. The first kappa shape index (κ1) is 21.6. The molecule has 1 aliphatic rings. The highest BCUT2D eigenvalue weighted by atomic mass is 35.5. The summed E-state index contributed by atoms with van der Waals surface area (Å²) in [5, 5.41) is 3.40. The Morgan fingerprint density at radius 2 is 1.89 bits per heavy atom. The second-order valence-electron chi connectivity index (χ2n) is 6.44. The molecule has 8 heteroatoms. The van der Waals surface area contributed by atoms with Crippen molar-refractivity contribution in [3.8, 4) is 0 Å². The van der Waals surface area contributed by atoms with Gasteiger partial charge >= 0.3 is 5.97 Å². The van der Waals surface area contributed by atoms with Crippen molar-refractivity contribution in [1.29, 1.82) is 0 Å². The zero-order valence-corrected chi connectivity index (χ0v) is 17.1. The van der Waals surface area contributed by atoms with Gasteiger partial charge in [0, 0.05) is 29.6 Å². The SMILES string of the molecule is COC(=O)[C@@H](CCSC)NC(=O)C1CCN(C(=O)c2ccc(Cl)cc2)CC1. The van der Waals surface area contributed by atoms with Gasteiger partial charge in [0.05, 0.1) is 7.11 Å². The molecule has 1 atom stereocenters. The van der Waals surface area contributed by atoms with Crippen LogP contribution in [0.25, 0.3) is 0 Å². The van der Waals surface area contributed by atoms with Crippen molar-refractivity contribution in [3.63, 3.8) is 0 Å². The molecule has 148 valence electrons. The van der Waals surface area contributed by atoms with Crippen molar-refractivity contribution in [3.05, 3.63) is 34.9 Å². The molecule has 1 N–H and O–H groups in total. The van der Waals surface area contributed by atoms with E-state index in [2.05, 4.69) is 5.32 Å². The van der Waals surface area contributed by atoms with Crippen molar-refractivity contribution < 1.29 is 19.1 Å². The monoisotopic (exact) mass is 412 g/mol. The van der Waals surface area contributed by atoms with Crippen molar-refractivity contribution in [2.75, 3.05) is 32.2 Å². The number of thioether (sulfide) groups is 1. The van der Waals surface area contributed by atoms with E-state index in [-0.39, 0.29) is 17.7 Å². The van der Waals surface area contributed by atoms with Crippen molar-refractivity contribution in [2.45, 2.75) is 25.3 Å². The van der Waals surface area contributed by atoms with Gasteiger partial charge in [0.2, 0.25) is 5.91 Å². The highest BCUT2D eigenvalue weighted by Crippen LogP contribution is 2.20. The average molecular weight is 413 g/mol. The molecule has 1 heterocycles. The predicted octanol–water partition coefficient (Wildman–Crippen LogP) is 2.60. The van der Waals surface area contributed by atoms with E-state index >= 15 is 0 Å². The summed E-state index contributed by atoms with van der Waals surface area (Å²) in [6, 6.07) is 6.17. The minimum atomic E-state index is -0.622. The standard InChI is InChI=1S/C19H25ClN2O4S/c1-26-19(25)16(9-12-27-2)21-17(23)13-7-10-22(11-8-13)18(24)14-3-5-15(20)6-4-14/h3-6,13,16H,7-12H2,1-2H3,(H,21,23)/t16-/m1/s1. The first-order chi connectivity index (χ1) is 13.0. The molecule has 6 nitrogen and oxygen atoms in total.